The zero-order chi connectivity index (χ0) is 10.7. The second-order valence-electron chi connectivity index (χ2n) is 3.09. The highest BCUT2D eigenvalue weighted by molar-refractivity contribution is 7.05. The molecule has 0 radical (unpaired) electrons. The van der Waals surface area contributed by atoms with Crippen LogP contribution in [0.3, 0.4) is 0 Å². The first kappa shape index (κ1) is 10.5. The molecule has 0 fully saturated rings. The molecule has 0 saturated carbocycles. The third-order valence-electron chi connectivity index (χ3n) is 1.99. The van der Waals surface area contributed by atoms with Crippen molar-refractivity contribution in [3.8, 4) is 11.3 Å². The third-order valence-corrected chi connectivity index (χ3v) is 2.95. The summed E-state index contributed by atoms with van der Waals surface area (Å²) < 4.78 is 3.96. The number of nitrogens with one attached hydrogen (secondary N) is 1. The first-order valence-electron chi connectivity index (χ1n) is 4.53. The zero-order valence-corrected chi connectivity index (χ0v) is 9.77. The monoisotopic (exact) mass is 239 g/mol. The molecular weight excluding hydrogens is 230 g/mol. The highest BCUT2D eigenvalue weighted by Crippen LogP contribution is 2.25. The normalized spacial score (nSPS) is 10.5. The fourth-order valence-corrected chi connectivity index (χ4v) is 2.21. The molecule has 1 aromatic carbocycles. The van der Waals surface area contributed by atoms with Gasteiger partial charge in [-0.1, -0.05) is 28.2 Å². The number of aromatic nitrogens is 2. The van der Waals surface area contributed by atoms with Gasteiger partial charge in [-0.3, -0.25) is 0 Å². The molecule has 1 aromatic heterocycles. The highest BCUT2D eigenvalue weighted by atomic mass is 35.5. The summed E-state index contributed by atoms with van der Waals surface area (Å²) in [6, 6.07) is 7.65. The predicted molar refractivity (Wildman–Crippen MR) is 63.1 cm³/mol. The van der Waals surface area contributed by atoms with Crippen molar-refractivity contribution in [3.05, 3.63) is 34.2 Å². The molecule has 2 aromatic rings. The Kier molecular flexibility index (Phi) is 3.30. The Balaban J connectivity index is 2.40. The van der Waals surface area contributed by atoms with E-state index in [0.29, 0.717) is 0 Å². The minimum absolute atomic E-state index is 0.718. The maximum atomic E-state index is 5.93. The molecular formula is C10H10ClN3S. The Bertz CT molecular complexity index is 455. The Morgan fingerprint density at radius 1 is 1.47 bits per heavy atom. The fraction of sp³-hybridized carbons (Fsp3) is 0.200. The maximum Gasteiger partial charge on any atom is 0.110 e. The van der Waals surface area contributed by atoms with Crippen molar-refractivity contribution in [2.24, 2.45) is 0 Å². The van der Waals surface area contributed by atoms with Crippen molar-refractivity contribution in [2.45, 2.75) is 6.54 Å². The van der Waals surface area contributed by atoms with Gasteiger partial charge in [-0.05, 0) is 30.7 Å². The van der Waals surface area contributed by atoms with Gasteiger partial charge in [0.15, 0.2) is 0 Å². The van der Waals surface area contributed by atoms with Gasteiger partial charge in [-0.25, -0.2) is 0 Å². The van der Waals surface area contributed by atoms with Crippen LogP contribution in [0.4, 0.5) is 0 Å². The summed E-state index contributed by atoms with van der Waals surface area (Å²) in [5.41, 5.74) is 1.93. The molecule has 5 heteroatoms. The van der Waals surface area contributed by atoms with E-state index >= 15 is 0 Å². The minimum atomic E-state index is 0.718. The molecule has 0 unspecified atom stereocenters. The van der Waals surface area contributed by atoms with Gasteiger partial charge >= 0.3 is 0 Å². The first-order chi connectivity index (χ1) is 7.31. The zero-order valence-electron chi connectivity index (χ0n) is 8.20. The van der Waals surface area contributed by atoms with Crippen molar-refractivity contribution in [1.29, 1.82) is 0 Å². The average molecular weight is 240 g/mol. The molecule has 1 N–H and O–H groups in total. The highest BCUT2D eigenvalue weighted by Gasteiger charge is 2.09. The van der Waals surface area contributed by atoms with Crippen LogP contribution in [0.25, 0.3) is 11.3 Å². The van der Waals surface area contributed by atoms with Gasteiger partial charge < -0.3 is 5.32 Å². The van der Waals surface area contributed by atoms with E-state index in [1.165, 1.54) is 11.5 Å². The van der Waals surface area contributed by atoms with E-state index in [0.717, 1.165) is 27.7 Å². The van der Waals surface area contributed by atoms with Crippen molar-refractivity contribution in [1.82, 2.24) is 14.9 Å². The van der Waals surface area contributed by atoms with E-state index in [2.05, 4.69) is 14.9 Å². The van der Waals surface area contributed by atoms with Crippen LogP contribution < -0.4 is 5.32 Å². The lowest BCUT2D eigenvalue weighted by atomic mass is 10.1. The first-order valence-corrected chi connectivity index (χ1v) is 5.68. The minimum Gasteiger partial charge on any atom is -0.315 e. The van der Waals surface area contributed by atoms with Crippen molar-refractivity contribution in [2.75, 3.05) is 7.05 Å². The van der Waals surface area contributed by atoms with E-state index in [1.54, 1.807) is 0 Å². The van der Waals surface area contributed by atoms with Crippen molar-refractivity contribution < 1.29 is 0 Å². The Morgan fingerprint density at radius 3 is 3.07 bits per heavy atom. The van der Waals surface area contributed by atoms with Crippen LogP contribution in [0.5, 0.6) is 0 Å². The number of halogens is 1. The maximum absolute atomic E-state index is 5.93. The molecule has 3 nitrogen and oxygen atoms in total. The Hall–Kier alpha value is -0.970. The third kappa shape index (κ3) is 2.34. The van der Waals surface area contributed by atoms with Crippen molar-refractivity contribution >= 4 is 23.1 Å². The molecule has 0 saturated heterocycles. The number of nitrogens with zero attached hydrogens (tertiary/aromatic N) is 2. The quantitative estimate of drug-likeness (QED) is 0.895. The average Bonchev–Trinajstić information content (AvgIpc) is 2.66. The van der Waals surface area contributed by atoms with Crippen LogP contribution in [0.15, 0.2) is 24.3 Å². The van der Waals surface area contributed by atoms with Gasteiger partial charge in [0.2, 0.25) is 0 Å². The smallest absolute Gasteiger partial charge is 0.110 e. The number of rotatable bonds is 3. The van der Waals surface area contributed by atoms with Crippen LogP contribution >= 0.6 is 23.1 Å². The molecule has 0 atom stereocenters. The summed E-state index contributed by atoms with van der Waals surface area (Å²) in [4.78, 5) is 1.12. The van der Waals surface area contributed by atoms with Gasteiger partial charge in [-0.15, -0.1) is 5.10 Å². The lowest BCUT2D eigenvalue weighted by Gasteiger charge is -2.00. The molecule has 2 rings (SSSR count). The van der Waals surface area contributed by atoms with E-state index in [9.17, 15) is 0 Å². The van der Waals surface area contributed by atoms with Crippen LogP contribution in [0, 0.1) is 0 Å². The summed E-state index contributed by atoms with van der Waals surface area (Å²) in [6.45, 7) is 0.777. The van der Waals surface area contributed by atoms with E-state index < -0.39 is 0 Å². The van der Waals surface area contributed by atoms with Crippen LogP contribution in [-0.4, -0.2) is 16.6 Å². The van der Waals surface area contributed by atoms with Gasteiger partial charge in [0.1, 0.15) is 5.69 Å². The summed E-state index contributed by atoms with van der Waals surface area (Å²) in [5.74, 6) is 0. The second kappa shape index (κ2) is 4.70. The molecule has 0 amide bonds. The second-order valence-corrected chi connectivity index (χ2v) is 4.36. The fourth-order valence-electron chi connectivity index (χ4n) is 1.34. The lowest BCUT2D eigenvalue weighted by Crippen LogP contribution is -2.04. The summed E-state index contributed by atoms with van der Waals surface area (Å²) in [7, 11) is 1.90. The van der Waals surface area contributed by atoms with Crippen LogP contribution in [0.2, 0.25) is 5.02 Å². The van der Waals surface area contributed by atoms with Gasteiger partial charge in [0.05, 0.1) is 4.88 Å². The molecule has 0 aliphatic carbocycles. The Morgan fingerprint density at radius 2 is 2.33 bits per heavy atom. The summed E-state index contributed by atoms with van der Waals surface area (Å²) in [6.07, 6.45) is 0. The molecule has 78 valence electrons. The van der Waals surface area contributed by atoms with Gasteiger partial charge in [-0.2, -0.15) is 0 Å². The molecule has 0 spiro atoms. The molecule has 0 aliphatic heterocycles. The van der Waals surface area contributed by atoms with E-state index in [-0.39, 0.29) is 0 Å². The topological polar surface area (TPSA) is 37.8 Å². The standard InChI is InChI=1S/C10H10ClN3S/c1-12-6-9-10(13-14-15-9)7-3-2-4-8(11)5-7/h2-5,12H,6H2,1H3. The largest absolute Gasteiger partial charge is 0.315 e. The molecule has 15 heavy (non-hydrogen) atoms. The molecule has 1 heterocycles. The summed E-state index contributed by atoms with van der Waals surface area (Å²) in [5, 5.41) is 7.93. The SMILES string of the molecule is CNCc1snnc1-c1cccc(Cl)c1. The lowest BCUT2D eigenvalue weighted by molar-refractivity contribution is 0.830. The number of hydrogen-bond acceptors (Lipinski definition) is 4. The number of benzene rings is 1. The van der Waals surface area contributed by atoms with Crippen LogP contribution in [0.1, 0.15) is 4.88 Å². The molecule has 0 bridgehead atoms. The van der Waals surface area contributed by atoms with Gasteiger partial charge in [0.25, 0.3) is 0 Å². The number of hydrogen-bond donors (Lipinski definition) is 1. The van der Waals surface area contributed by atoms with Gasteiger partial charge in [0, 0.05) is 17.1 Å². The predicted octanol–water partition coefficient (Wildman–Crippen LogP) is 2.58. The Labute approximate surface area is 97.3 Å². The van der Waals surface area contributed by atoms with E-state index in [4.69, 9.17) is 11.6 Å². The van der Waals surface area contributed by atoms with Crippen molar-refractivity contribution in [3.63, 3.8) is 0 Å². The molecule has 0 aliphatic rings. The van der Waals surface area contributed by atoms with Crippen LogP contribution in [-0.2, 0) is 6.54 Å². The van der Waals surface area contributed by atoms with E-state index in [1.807, 2.05) is 31.3 Å². The summed E-state index contributed by atoms with van der Waals surface area (Å²) >= 11 is 7.34.